The molecule has 92 valence electrons. The molecule has 0 saturated heterocycles. The van der Waals surface area contributed by atoms with Gasteiger partial charge in [0.15, 0.2) is 0 Å². The Morgan fingerprint density at radius 2 is 1.78 bits per heavy atom. The van der Waals surface area contributed by atoms with Gasteiger partial charge in [-0.1, -0.05) is 30.3 Å². The van der Waals surface area contributed by atoms with Crippen molar-refractivity contribution in [2.45, 2.75) is 13.3 Å². The molecule has 2 nitrogen and oxygen atoms in total. The van der Waals surface area contributed by atoms with Crippen molar-refractivity contribution in [2.24, 2.45) is 0 Å². The summed E-state index contributed by atoms with van der Waals surface area (Å²) in [6, 6.07) is 13.5. The van der Waals surface area contributed by atoms with Crippen LogP contribution < -0.4 is 5.32 Å². The first-order valence-corrected chi connectivity index (χ1v) is 5.75. The standard InChI is InChI=1S/C15H14FNO/c1-11-4-2-3-5-14(11)17-15(18)10-12-6-8-13(16)9-7-12/h2-9H,10H2,1H3,(H,17,18). The molecule has 3 heteroatoms. The summed E-state index contributed by atoms with van der Waals surface area (Å²) in [7, 11) is 0. The number of nitrogens with one attached hydrogen (secondary N) is 1. The fourth-order valence-electron chi connectivity index (χ4n) is 1.70. The minimum atomic E-state index is -0.293. The number of benzene rings is 2. The quantitative estimate of drug-likeness (QED) is 0.880. The molecule has 18 heavy (non-hydrogen) atoms. The normalized spacial score (nSPS) is 10.1. The van der Waals surface area contributed by atoms with Gasteiger partial charge < -0.3 is 5.32 Å². The maximum atomic E-state index is 12.7. The second kappa shape index (κ2) is 5.45. The Morgan fingerprint density at radius 1 is 1.11 bits per heavy atom. The van der Waals surface area contributed by atoms with Crippen molar-refractivity contribution >= 4 is 11.6 Å². The summed E-state index contributed by atoms with van der Waals surface area (Å²) in [5, 5.41) is 2.84. The summed E-state index contributed by atoms with van der Waals surface area (Å²) in [4.78, 5) is 11.8. The lowest BCUT2D eigenvalue weighted by Crippen LogP contribution is -2.15. The van der Waals surface area contributed by atoms with Crippen molar-refractivity contribution in [1.29, 1.82) is 0 Å². The number of carbonyl (C=O) groups is 1. The molecule has 0 spiro atoms. The van der Waals surface area contributed by atoms with Gasteiger partial charge in [0.1, 0.15) is 5.82 Å². The Kier molecular flexibility index (Phi) is 3.72. The molecule has 0 saturated carbocycles. The van der Waals surface area contributed by atoms with Gasteiger partial charge in [-0.3, -0.25) is 4.79 Å². The third-order valence-corrected chi connectivity index (χ3v) is 2.70. The highest BCUT2D eigenvalue weighted by Crippen LogP contribution is 2.13. The molecule has 0 aliphatic rings. The van der Waals surface area contributed by atoms with Gasteiger partial charge in [-0.25, -0.2) is 4.39 Å². The molecule has 0 radical (unpaired) electrons. The monoisotopic (exact) mass is 243 g/mol. The van der Waals surface area contributed by atoms with E-state index in [0.29, 0.717) is 0 Å². The molecule has 0 heterocycles. The van der Waals surface area contributed by atoms with Crippen LogP contribution in [0.4, 0.5) is 10.1 Å². The zero-order valence-corrected chi connectivity index (χ0v) is 10.1. The van der Waals surface area contributed by atoms with E-state index in [1.54, 1.807) is 12.1 Å². The molecule has 0 atom stereocenters. The average Bonchev–Trinajstić information content (AvgIpc) is 2.35. The second-order valence-electron chi connectivity index (χ2n) is 4.17. The van der Waals surface area contributed by atoms with Crippen molar-refractivity contribution in [1.82, 2.24) is 0 Å². The van der Waals surface area contributed by atoms with Gasteiger partial charge in [0.05, 0.1) is 6.42 Å². The number of aryl methyl sites for hydroxylation is 1. The van der Waals surface area contributed by atoms with Gasteiger partial charge in [0, 0.05) is 5.69 Å². The third kappa shape index (κ3) is 3.17. The number of halogens is 1. The molecular formula is C15H14FNO. The summed E-state index contributed by atoms with van der Waals surface area (Å²) in [6.45, 7) is 1.94. The van der Waals surface area contributed by atoms with Crippen LogP contribution in [0.1, 0.15) is 11.1 Å². The summed E-state index contributed by atoms with van der Waals surface area (Å²) < 4.78 is 12.7. The van der Waals surface area contributed by atoms with Crippen LogP contribution in [0, 0.1) is 12.7 Å². The maximum Gasteiger partial charge on any atom is 0.228 e. The van der Waals surface area contributed by atoms with Gasteiger partial charge >= 0.3 is 0 Å². The third-order valence-electron chi connectivity index (χ3n) is 2.70. The van der Waals surface area contributed by atoms with Crippen LogP contribution in [0.2, 0.25) is 0 Å². The smallest absolute Gasteiger partial charge is 0.228 e. The molecule has 0 aliphatic carbocycles. The van der Waals surface area contributed by atoms with Gasteiger partial charge in [-0.2, -0.15) is 0 Å². The Hall–Kier alpha value is -2.16. The molecule has 2 rings (SSSR count). The highest BCUT2D eigenvalue weighted by atomic mass is 19.1. The first-order valence-electron chi connectivity index (χ1n) is 5.75. The van der Waals surface area contributed by atoms with Gasteiger partial charge in [-0.05, 0) is 36.2 Å². The Morgan fingerprint density at radius 3 is 2.44 bits per heavy atom. The van der Waals surface area contributed by atoms with E-state index in [9.17, 15) is 9.18 Å². The molecule has 0 bridgehead atoms. The van der Waals surface area contributed by atoms with E-state index in [2.05, 4.69) is 5.32 Å². The van der Waals surface area contributed by atoms with Crippen LogP contribution >= 0.6 is 0 Å². The van der Waals surface area contributed by atoms with E-state index in [1.807, 2.05) is 31.2 Å². The zero-order valence-electron chi connectivity index (χ0n) is 10.1. The maximum absolute atomic E-state index is 12.7. The lowest BCUT2D eigenvalue weighted by molar-refractivity contribution is -0.115. The summed E-state index contributed by atoms with van der Waals surface area (Å²) in [5.74, 6) is -0.394. The minimum Gasteiger partial charge on any atom is -0.326 e. The predicted molar refractivity (Wildman–Crippen MR) is 69.9 cm³/mol. The van der Waals surface area contributed by atoms with Gasteiger partial charge in [0.25, 0.3) is 0 Å². The van der Waals surface area contributed by atoms with E-state index in [-0.39, 0.29) is 18.1 Å². The van der Waals surface area contributed by atoms with E-state index in [1.165, 1.54) is 12.1 Å². The van der Waals surface area contributed by atoms with Crippen LogP contribution in [0.5, 0.6) is 0 Å². The van der Waals surface area contributed by atoms with Crippen LogP contribution in [0.25, 0.3) is 0 Å². The largest absolute Gasteiger partial charge is 0.326 e. The Labute approximate surface area is 105 Å². The van der Waals surface area contributed by atoms with Crippen LogP contribution in [0.15, 0.2) is 48.5 Å². The fourth-order valence-corrected chi connectivity index (χ4v) is 1.70. The molecule has 0 aliphatic heterocycles. The fraction of sp³-hybridized carbons (Fsp3) is 0.133. The topological polar surface area (TPSA) is 29.1 Å². The van der Waals surface area contributed by atoms with Crippen molar-refractivity contribution in [3.63, 3.8) is 0 Å². The molecular weight excluding hydrogens is 229 g/mol. The highest BCUT2D eigenvalue weighted by molar-refractivity contribution is 5.92. The molecule has 2 aromatic rings. The molecule has 1 amide bonds. The summed E-state index contributed by atoms with van der Waals surface area (Å²) in [5.41, 5.74) is 2.62. The van der Waals surface area contributed by atoms with Crippen molar-refractivity contribution < 1.29 is 9.18 Å². The Bertz CT molecular complexity index is 549. The van der Waals surface area contributed by atoms with Crippen LogP contribution in [-0.2, 0) is 11.2 Å². The van der Waals surface area contributed by atoms with Gasteiger partial charge in [-0.15, -0.1) is 0 Å². The average molecular weight is 243 g/mol. The first-order chi connectivity index (χ1) is 8.65. The molecule has 0 fully saturated rings. The van der Waals surface area contributed by atoms with Gasteiger partial charge in [0.2, 0.25) is 5.91 Å². The highest BCUT2D eigenvalue weighted by Gasteiger charge is 2.05. The van der Waals surface area contributed by atoms with E-state index in [0.717, 1.165) is 16.8 Å². The zero-order chi connectivity index (χ0) is 13.0. The lowest BCUT2D eigenvalue weighted by atomic mass is 10.1. The number of anilines is 1. The number of para-hydroxylation sites is 1. The number of amides is 1. The first kappa shape index (κ1) is 12.3. The number of rotatable bonds is 3. The second-order valence-corrected chi connectivity index (χ2v) is 4.17. The predicted octanol–water partition coefficient (Wildman–Crippen LogP) is 3.32. The van der Waals surface area contributed by atoms with Crippen LogP contribution in [0.3, 0.4) is 0 Å². The van der Waals surface area contributed by atoms with Crippen molar-refractivity contribution in [3.8, 4) is 0 Å². The summed E-state index contributed by atoms with van der Waals surface area (Å²) >= 11 is 0. The summed E-state index contributed by atoms with van der Waals surface area (Å²) in [6.07, 6.45) is 0.245. The number of hydrogen-bond donors (Lipinski definition) is 1. The molecule has 2 aromatic carbocycles. The minimum absolute atomic E-state index is 0.101. The molecule has 1 N–H and O–H groups in total. The molecule has 0 aromatic heterocycles. The number of carbonyl (C=O) groups excluding carboxylic acids is 1. The van der Waals surface area contributed by atoms with Crippen LogP contribution in [-0.4, -0.2) is 5.91 Å². The van der Waals surface area contributed by atoms with Crippen molar-refractivity contribution in [2.75, 3.05) is 5.32 Å². The van der Waals surface area contributed by atoms with E-state index >= 15 is 0 Å². The molecule has 0 unspecified atom stereocenters. The number of hydrogen-bond acceptors (Lipinski definition) is 1. The SMILES string of the molecule is Cc1ccccc1NC(=O)Cc1ccc(F)cc1. The van der Waals surface area contributed by atoms with E-state index < -0.39 is 0 Å². The van der Waals surface area contributed by atoms with Crippen molar-refractivity contribution in [3.05, 3.63) is 65.5 Å². The lowest BCUT2D eigenvalue weighted by Gasteiger charge is -2.07. The van der Waals surface area contributed by atoms with E-state index in [4.69, 9.17) is 0 Å². The Balaban J connectivity index is 2.01.